The Kier molecular flexibility index (Phi) is 8.26. The fourth-order valence-corrected chi connectivity index (χ4v) is 5.27. The average molecular weight is 516 g/mol. The first-order chi connectivity index (χ1) is 18.5. The molecular formula is C29H37N7O2. The number of morpholine rings is 1. The van der Waals surface area contributed by atoms with E-state index in [0.29, 0.717) is 13.1 Å². The third-order valence-corrected chi connectivity index (χ3v) is 7.67. The maximum atomic E-state index is 13.3. The van der Waals surface area contributed by atoms with E-state index in [1.165, 1.54) is 5.56 Å². The van der Waals surface area contributed by atoms with Crippen molar-refractivity contribution in [1.82, 2.24) is 35.0 Å². The van der Waals surface area contributed by atoms with E-state index in [-0.39, 0.29) is 11.6 Å². The molecule has 0 amide bonds. The lowest BCUT2D eigenvalue weighted by Gasteiger charge is -2.33. The summed E-state index contributed by atoms with van der Waals surface area (Å²) in [5, 5.41) is 13.9. The molecule has 200 valence electrons. The van der Waals surface area contributed by atoms with Crippen LogP contribution in [-0.2, 0) is 17.8 Å². The lowest BCUT2D eigenvalue weighted by molar-refractivity contribution is 0.0292. The van der Waals surface area contributed by atoms with Crippen LogP contribution in [0.15, 0.2) is 53.3 Å². The van der Waals surface area contributed by atoms with Gasteiger partial charge in [-0.3, -0.25) is 14.6 Å². The molecule has 1 aliphatic rings. The van der Waals surface area contributed by atoms with Crippen LogP contribution in [0.25, 0.3) is 10.9 Å². The third kappa shape index (κ3) is 5.85. The quantitative estimate of drug-likeness (QED) is 0.346. The predicted molar refractivity (Wildman–Crippen MR) is 148 cm³/mol. The molecule has 0 unspecified atom stereocenters. The number of hydrogen-bond donors (Lipinski definition) is 1. The molecule has 1 atom stereocenters. The molecular weight excluding hydrogens is 478 g/mol. The molecule has 4 aromatic rings. The first kappa shape index (κ1) is 26.2. The summed E-state index contributed by atoms with van der Waals surface area (Å²) in [7, 11) is 0. The maximum Gasteiger partial charge on any atom is 0.252 e. The van der Waals surface area contributed by atoms with Crippen LogP contribution in [0.5, 0.6) is 0 Å². The zero-order chi connectivity index (χ0) is 26.5. The van der Waals surface area contributed by atoms with Gasteiger partial charge in [0.1, 0.15) is 0 Å². The molecule has 1 N–H and O–H groups in total. The van der Waals surface area contributed by atoms with Crippen molar-refractivity contribution < 1.29 is 4.74 Å². The minimum atomic E-state index is -0.0405. The van der Waals surface area contributed by atoms with Crippen LogP contribution in [0.3, 0.4) is 0 Å². The van der Waals surface area contributed by atoms with Crippen molar-refractivity contribution in [2.24, 2.45) is 0 Å². The molecule has 2 aromatic heterocycles. The summed E-state index contributed by atoms with van der Waals surface area (Å²) in [4.78, 5) is 21.2. The highest BCUT2D eigenvalue weighted by molar-refractivity contribution is 5.83. The Hall–Kier alpha value is -3.40. The van der Waals surface area contributed by atoms with Crippen LogP contribution in [-0.4, -0.2) is 74.4 Å². The fraction of sp³-hybridized carbons (Fsp3) is 0.448. The van der Waals surface area contributed by atoms with Crippen LogP contribution in [0.4, 0.5) is 0 Å². The number of nitrogens with one attached hydrogen (secondary N) is 1. The van der Waals surface area contributed by atoms with Gasteiger partial charge in [-0.1, -0.05) is 49.4 Å². The van der Waals surface area contributed by atoms with E-state index in [0.717, 1.165) is 79.2 Å². The predicted octanol–water partition coefficient (Wildman–Crippen LogP) is 3.47. The monoisotopic (exact) mass is 515 g/mol. The minimum Gasteiger partial charge on any atom is -0.379 e. The van der Waals surface area contributed by atoms with E-state index in [2.05, 4.69) is 75.3 Å². The molecule has 0 spiro atoms. The van der Waals surface area contributed by atoms with Crippen LogP contribution in [0, 0.1) is 13.8 Å². The molecule has 0 radical (unpaired) electrons. The average Bonchev–Trinajstić information content (AvgIpc) is 3.39. The maximum absolute atomic E-state index is 13.3. The number of fused-ring (bicyclic) bond motifs is 1. The van der Waals surface area contributed by atoms with Crippen molar-refractivity contribution in [3.8, 4) is 0 Å². The van der Waals surface area contributed by atoms with Crippen LogP contribution < -0.4 is 5.56 Å². The van der Waals surface area contributed by atoms with Gasteiger partial charge in [-0.15, -0.1) is 5.10 Å². The van der Waals surface area contributed by atoms with E-state index >= 15 is 0 Å². The van der Waals surface area contributed by atoms with Gasteiger partial charge in [0.05, 0.1) is 31.3 Å². The number of aromatic nitrogens is 5. The highest BCUT2D eigenvalue weighted by atomic mass is 16.5. The van der Waals surface area contributed by atoms with Gasteiger partial charge in [0.2, 0.25) is 0 Å². The van der Waals surface area contributed by atoms with Gasteiger partial charge in [-0.05, 0) is 58.8 Å². The summed E-state index contributed by atoms with van der Waals surface area (Å²) in [5.41, 5.74) is 5.06. The molecule has 0 bridgehead atoms. The number of aryl methyl sites for hydroxylation is 2. The van der Waals surface area contributed by atoms with E-state index in [1.807, 2.05) is 28.9 Å². The number of rotatable bonds is 10. The van der Waals surface area contributed by atoms with E-state index in [9.17, 15) is 4.79 Å². The molecule has 1 aliphatic heterocycles. The number of tetrazole rings is 1. The van der Waals surface area contributed by atoms with Crippen LogP contribution in [0.2, 0.25) is 0 Å². The summed E-state index contributed by atoms with van der Waals surface area (Å²) in [5.74, 6) is 0.821. The van der Waals surface area contributed by atoms with Crippen molar-refractivity contribution in [2.45, 2.75) is 46.3 Å². The third-order valence-electron chi connectivity index (χ3n) is 7.67. The molecule has 1 saturated heterocycles. The van der Waals surface area contributed by atoms with Gasteiger partial charge in [0.15, 0.2) is 5.82 Å². The normalized spacial score (nSPS) is 15.4. The standard InChI is InChI=1S/C29H37N7O2/c1-4-26(28-31-32-33-36(28)19-23-8-6-5-7-9-23)35(13-12-34-14-16-38-17-15-34)20-25-18-24-11-10-21(2)22(3)27(24)30-29(25)37/h5-11,18,26H,4,12-17,19-20H2,1-3H3,(H,30,37)/t26-/m1/s1. The lowest BCUT2D eigenvalue weighted by Crippen LogP contribution is -2.43. The van der Waals surface area contributed by atoms with E-state index in [4.69, 9.17) is 4.74 Å². The SMILES string of the molecule is CC[C@H](c1nnnn1Cc1ccccc1)N(CCN1CCOCC1)Cc1cc2ccc(C)c(C)c2[nH]c1=O. The second-order valence-corrected chi connectivity index (χ2v) is 10.1. The Labute approximate surface area is 223 Å². The van der Waals surface area contributed by atoms with Crippen molar-refractivity contribution in [3.63, 3.8) is 0 Å². The Morgan fingerprint density at radius 2 is 1.89 bits per heavy atom. The summed E-state index contributed by atoms with van der Waals surface area (Å²) >= 11 is 0. The molecule has 0 saturated carbocycles. The summed E-state index contributed by atoms with van der Waals surface area (Å²) in [6, 6.07) is 16.4. The molecule has 2 aromatic carbocycles. The highest BCUT2D eigenvalue weighted by Gasteiger charge is 2.26. The van der Waals surface area contributed by atoms with Crippen LogP contribution in [0.1, 0.15) is 47.5 Å². The molecule has 1 fully saturated rings. The van der Waals surface area contributed by atoms with Gasteiger partial charge in [0.25, 0.3) is 5.56 Å². The zero-order valence-electron chi connectivity index (χ0n) is 22.6. The molecule has 9 nitrogen and oxygen atoms in total. The molecule has 38 heavy (non-hydrogen) atoms. The highest BCUT2D eigenvalue weighted by Crippen LogP contribution is 2.26. The summed E-state index contributed by atoms with van der Waals surface area (Å²) in [6.07, 6.45) is 0.821. The van der Waals surface area contributed by atoms with E-state index < -0.39 is 0 Å². The number of ether oxygens (including phenoxy) is 1. The van der Waals surface area contributed by atoms with Gasteiger partial charge < -0.3 is 9.72 Å². The zero-order valence-corrected chi connectivity index (χ0v) is 22.6. The first-order valence-corrected chi connectivity index (χ1v) is 13.5. The Morgan fingerprint density at radius 1 is 1.11 bits per heavy atom. The van der Waals surface area contributed by atoms with Crippen molar-refractivity contribution in [2.75, 3.05) is 39.4 Å². The Bertz CT molecular complexity index is 1410. The number of hydrogen-bond acceptors (Lipinski definition) is 7. The summed E-state index contributed by atoms with van der Waals surface area (Å²) in [6.45, 7) is 12.4. The summed E-state index contributed by atoms with van der Waals surface area (Å²) < 4.78 is 7.44. The molecule has 3 heterocycles. The Balaban J connectivity index is 1.46. The van der Waals surface area contributed by atoms with Crippen molar-refractivity contribution in [1.29, 1.82) is 0 Å². The first-order valence-electron chi connectivity index (χ1n) is 13.5. The van der Waals surface area contributed by atoms with Crippen molar-refractivity contribution in [3.05, 3.63) is 87.0 Å². The number of aromatic amines is 1. The van der Waals surface area contributed by atoms with Crippen molar-refractivity contribution >= 4 is 10.9 Å². The second kappa shape index (κ2) is 12.0. The molecule has 5 rings (SSSR count). The Morgan fingerprint density at radius 3 is 2.66 bits per heavy atom. The fourth-order valence-electron chi connectivity index (χ4n) is 5.27. The number of H-pyrrole nitrogens is 1. The smallest absolute Gasteiger partial charge is 0.252 e. The van der Waals surface area contributed by atoms with Gasteiger partial charge in [0, 0.05) is 38.3 Å². The number of nitrogens with zero attached hydrogens (tertiary/aromatic N) is 6. The minimum absolute atomic E-state index is 0.0374. The van der Waals surface area contributed by atoms with Gasteiger partial charge >= 0.3 is 0 Å². The van der Waals surface area contributed by atoms with Crippen LogP contribution >= 0.6 is 0 Å². The number of benzene rings is 2. The lowest BCUT2D eigenvalue weighted by atomic mass is 10.0. The second-order valence-electron chi connectivity index (χ2n) is 10.1. The number of pyridine rings is 1. The largest absolute Gasteiger partial charge is 0.379 e. The topological polar surface area (TPSA) is 92.2 Å². The molecule has 0 aliphatic carbocycles. The van der Waals surface area contributed by atoms with Gasteiger partial charge in [-0.25, -0.2) is 4.68 Å². The molecule has 9 heteroatoms. The van der Waals surface area contributed by atoms with E-state index in [1.54, 1.807) is 0 Å². The van der Waals surface area contributed by atoms with Gasteiger partial charge in [-0.2, -0.15) is 0 Å².